The first kappa shape index (κ1) is 13.7. The first-order valence-corrected chi connectivity index (χ1v) is 6.65. The highest BCUT2D eigenvalue weighted by atomic mass is 16.5. The van der Waals surface area contributed by atoms with Crippen molar-refractivity contribution < 1.29 is 23.2 Å². The third kappa shape index (κ3) is 2.64. The van der Waals surface area contributed by atoms with Gasteiger partial charge in [-0.3, -0.25) is 4.79 Å². The molecule has 3 heterocycles. The van der Waals surface area contributed by atoms with Gasteiger partial charge in [-0.05, 0) is 24.2 Å². The van der Waals surface area contributed by atoms with Crippen LogP contribution < -0.4 is 4.74 Å². The van der Waals surface area contributed by atoms with Crippen molar-refractivity contribution in [1.82, 2.24) is 10.1 Å². The maximum atomic E-state index is 12.6. The molecule has 7 nitrogen and oxygen atoms in total. The normalized spacial score (nSPS) is 18.8. The smallest absolute Gasteiger partial charge is 0.293 e. The number of nitrogens with zero attached hydrogens (tertiary/aromatic N) is 2. The maximum Gasteiger partial charge on any atom is 0.293 e. The molecule has 21 heavy (non-hydrogen) atoms. The van der Waals surface area contributed by atoms with Crippen molar-refractivity contribution in [3.63, 3.8) is 0 Å². The second kappa shape index (κ2) is 5.61. The first-order valence-electron chi connectivity index (χ1n) is 6.65. The van der Waals surface area contributed by atoms with E-state index in [1.54, 1.807) is 4.90 Å². The Morgan fingerprint density at radius 3 is 3.00 bits per heavy atom. The van der Waals surface area contributed by atoms with Crippen LogP contribution in [0.4, 0.5) is 0 Å². The number of furan rings is 1. The van der Waals surface area contributed by atoms with E-state index >= 15 is 0 Å². The number of amides is 1. The Hall–Kier alpha value is -2.28. The molecule has 0 spiro atoms. The molecule has 0 radical (unpaired) electrons. The minimum absolute atomic E-state index is 0.141. The van der Waals surface area contributed by atoms with E-state index in [-0.39, 0.29) is 23.6 Å². The number of ether oxygens (including phenoxy) is 2. The largest absolute Gasteiger partial charge is 0.479 e. The van der Waals surface area contributed by atoms with E-state index < -0.39 is 0 Å². The fraction of sp³-hybridized carbons (Fsp3) is 0.429. The summed E-state index contributed by atoms with van der Waals surface area (Å²) in [5.41, 5.74) is 0. The molecule has 0 N–H and O–H groups in total. The van der Waals surface area contributed by atoms with Gasteiger partial charge in [-0.25, -0.2) is 0 Å². The summed E-state index contributed by atoms with van der Waals surface area (Å²) in [5.74, 6) is 1.66. The van der Waals surface area contributed by atoms with Crippen molar-refractivity contribution in [3.05, 3.63) is 35.5 Å². The summed E-state index contributed by atoms with van der Waals surface area (Å²) < 4.78 is 21.0. The van der Waals surface area contributed by atoms with Crippen molar-refractivity contribution in [2.75, 3.05) is 26.9 Å². The highest BCUT2D eigenvalue weighted by molar-refractivity contribution is 5.92. The molecule has 2 aromatic heterocycles. The molecule has 3 rings (SSSR count). The monoisotopic (exact) mass is 292 g/mol. The van der Waals surface area contributed by atoms with E-state index in [0.29, 0.717) is 25.5 Å². The standard InChI is InChI=1S/C14H16N2O5/c1-9-3-4-11(20-9)10-8-19-6-5-16(10)14(17)12-7-13(18-2)15-21-12/h3-4,7,10H,5-6,8H2,1-2H3. The van der Waals surface area contributed by atoms with E-state index in [0.717, 1.165) is 5.76 Å². The summed E-state index contributed by atoms with van der Waals surface area (Å²) in [7, 11) is 1.47. The van der Waals surface area contributed by atoms with E-state index in [1.165, 1.54) is 13.2 Å². The van der Waals surface area contributed by atoms with E-state index in [2.05, 4.69) is 5.16 Å². The summed E-state index contributed by atoms with van der Waals surface area (Å²) in [6, 6.07) is 4.93. The maximum absolute atomic E-state index is 12.6. The van der Waals surface area contributed by atoms with Crippen LogP contribution >= 0.6 is 0 Å². The third-order valence-electron chi connectivity index (χ3n) is 3.39. The zero-order valence-electron chi connectivity index (χ0n) is 11.9. The second-order valence-electron chi connectivity index (χ2n) is 4.77. The van der Waals surface area contributed by atoms with Crippen molar-refractivity contribution >= 4 is 5.91 Å². The Kier molecular flexibility index (Phi) is 3.66. The molecule has 1 amide bonds. The minimum atomic E-state index is -0.268. The quantitative estimate of drug-likeness (QED) is 0.858. The molecule has 7 heteroatoms. The van der Waals surface area contributed by atoms with E-state index in [9.17, 15) is 4.79 Å². The second-order valence-corrected chi connectivity index (χ2v) is 4.77. The van der Waals surface area contributed by atoms with Crippen LogP contribution in [0.5, 0.6) is 5.88 Å². The SMILES string of the molecule is COc1cc(C(=O)N2CCOCC2c2ccc(C)o2)on1. The van der Waals surface area contributed by atoms with Crippen molar-refractivity contribution in [2.24, 2.45) is 0 Å². The predicted octanol–water partition coefficient (Wildman–Crippen LogP) is 1.80. The number of aryl methyl sites for hydroxylation is 1. The van der Waals surface area contributed by atoms with Crippen LogP contribution in [0.1, 0.15) is 28.1 Å². The lowest BCUT2D eigenvalue weighted by Crippen LogP contribution is -2.43. The third-order valence-corrected chi connectivity index (χ3v) is 3.39. The lowest BCUT2D eigenvalue weighted by atomic mass is 10.1. The van der Waals surface area contributed by atoms with Crippen molar-refractivity contribution in [2.45, 2.75) is 13.0 Å². The molecular weight excluding hydrogens is 276 g/mol. The molecule has 1 atom stereocenters. The number of rotatable bonds is 3. The Balaban J connectivity index is 1.85. The molecule has 0 saturated carbocycles. The molecule has 0 aromatic carbocycles. The van der Waals surface area contributed by atoms with Gasteiger partial charge in [0.25, 0.3) is 11.8 Å². The Labute approximate surface area is 121 Å². The number of hydrogen-bond acceptors (Lipinski definition) is 6. The van der Waals surface area contributed by atoms with Crippen LogP contribution in [0.3, 0.4) is 0 Å². The first-order chi connectivity index (χ1) is 10.2. The fourth-order valence-electron chi connectivity index (χ4n) is 2.31. The lowest BCUT2D eigenvalue weighted by molar-refractivity contribution is -0.0108. The summed E-state index contributed by atoms with van der Waals surface area (Å²) in [5, 5.41) is 3.65. The molecule has 1 fully saturated rings. The van der Waals surface area contributed by atoms with Gasteiger partial charge in [0.1, 0.15) is 17.6 Å². The number of hydrogen-bond donors (Lipinski definition) is 0. The van der Waals surface area contributed by atoms with Gasteiger partial charge in [-0.15, -0.1) is 0 Å². The van der Waals surface area contributed by atoms with Gasteiger partial charge < -0.3 is 23.3 Å². The van der Waals surface area contributed by atoms with Crippen LogP contribution in [0, 0.1) is 6.92 Å². The average Bonchev–Trinajstić information content (AvgIpc) is 3.15. The predicted molar refractivity (Wildman–Crippen MR) is 71.1 cm³/mol. The van der Waals surface area contributed by atoms with Crippen LogP contribution in [-0.2, 0) is 4.74 Å². The molecule has 112 valence electrons. The van der Waals surface area contributed by atoms with Crippen LogP contribution in [-0.4, -0.2) is 42.8 Å². The molecular formula is C14H16N2O5. The average molecular weight is 292 g/mol. The van der Waals surface area contributed by atoms with E-state index in [4.69, 9.17) is 18.4 Å². The number of aromatic nitrogens is 1. The van der Waals surface area contributed by atoms with Gasteiger partial charge in [0.2, 0.25) is 5.76 Å². The Morgan fingerprint density at radius 2 is 2.33 bits per heavy atom. The zero-order chi connectivity index (χ0) is 14.8. The minimum Gasteiger partial charge on any atom is -0.479 e. The lowest BCUT2D eigenvalue weighted by Gasteiger charge is -2.33. The van der Waals surface area contributed by atoms with Crippen molar-refractivity contribution in [3.8, 4) is 5.88 Å². The van der Waals surface area contributed by atoms with Crippen LogP contribution in [0.15, 0.2) is 27.1 Å². The van der Waals surface area contributed by atoms with Gasteiger partial charge in [0.05, 0.1) is 26.4 Å². The highest BCUT2D eigenvalue weighted by Gasteiger charge is 2.33. The zero-order valence-corrected chi connectivity index (χ0v) is 11.9. The topological polar surface area (TPSA) is 77.9 Å². The van der Waals surface area contributed by atoms with E-state index in [1.807, 2.05) is 19.1 Å². The van der Waals surface area contributed by atoms with Gasteiger partial charge >= 0.3 is 0 Å². The van der Waals surface area contributed by atoms with Gasteiger partial charge in [0.15, 0.2) is 0 Å². The number of methoxy groups -OCH3 is 1. The summed E-state index contributed by atoms with van der Waals surface area (Å²) in [6.07, 6.45) is 0. The summed E-state index contributed by atoms with van der Waals surface area (Å²) >= 11 is 0. The molecule has 2 aromatic rings. The summed E-state index contributed by atoms with van der Waals surface area (Å²) in [6.45, 7) is 3.20. The Morgan fingerprint density at radius 1 is 1.48 bits per heavy atom. The van der Waals surface area contributed by atoms with Gasteiger partial charge in [-0.2, -0.15) is 0 Å². The highest BCUT2D eigenvalue weighted by Crippen LogP contribution is 2.28. The summed E-state index contributed by atoms with van der Waals surface area (Å²) in [4.78, 5) is 14.2. The number of carbonyl (C=O) groups is 1. The molecule has 1 unspecified atom stereocenters. The van der Waals surface area contributed by atoms with Crippen LogP contribution in [0.25, 0.3) is 0 Å². The number of morpholine rings is 1. The molecule has 1 aliphatic rings. The van der Waals surface area contributed by atoms with Gasteiger partial charge in [0, 0.05) is 6.54 Å². The molecule has 0 bridgehead atoms. The Bertz CT molecular complexity index is 633. The van der Waals surface area contributed by atoms with Crippen LogP contribution in [0.2, 0.25) is 0 Å². The molecule has 1 aliphatic heterocycles. The van der Waals surface area contributed by atoms with Crippen molar-refractivity contribution in [1.29, 1.82) is 0 Å². The molecule has 0 aliphatic carbocycles. The molecule has 1 saturated heterocycles. The van der Waals surface area contributed by atoms with Gasteiger partial charge in [-0.1, -0.05) is 0 Å². The number of carbonyl (C=O) groups excluding carboxylic acids is 1. The fourth-order valence-corrected chi connectivity index (χ4v) is 2.31.